The molecule has 1 rings (SSSR count). The van der Waals surface area contributed by atoms with Crippen LogP contribution >= 0.6 is 11.8 Å². The molecule has 27 heavy (non-hydrogen) atoms. The van der Waals surface area contributed by atoms with E-state index in [1.165, 1.54) is 23.0 Å². The van der Waals surface area contributed by atoms with E-state index in [4.69, 9.17) is 0 Å². The van der Waals surface area contributed by atoms with Crippen LogP contribution in [0.2, 0.25) is 0 Å². The fourth-order valence-corrected chi connectivity index (χ4v) is 6.05. The van der Waals surface area contributed by atoms with Crippen molar-refractivity contribution in [2.75, 3.05) is 28.8 Å². The third kappa shape index (κ3) is 6.32. The molecule has 0 aliphatic carbocycles. The molecular formula is C11H13F9O4S3. The molecule has 1 aliphatic heterocycles. The Bertz CT molecular complexity index is 613. The predicted molar refractivity (Wildman–Crippen MR) is 80.6 cm³/mol. The molecule has 0 radical (unpaired) electrons. The van der Waals surface area contributed by atoms with Crippen molar-refractivity contribution >= 4 is 38.6 Å². The minimum absolute atomic E-state index is 0.371. The lowest BCUT2D eigenvalue weighted by molar-refractivity contribution is -0.382. The van der Waals surface area contributed by atoms with Gasteiger partial charge in [0.1, 0.15) is 11.5 Å². The first-order chi connectivity index (χ1) is 11.8. The van der Waals surface area contributed by atoms with Gasteiger partial charge >= 0.3 is 23.3 Å². The average molecular weight is 476 g/mol. The van der Waals surface area contributed by atoms with Gasteiger partial charge in [0.05, 0.1) is 0 Å². The molecule has 0 bridgehead atoms. The Kier molecular flexibility index (Phi) is 8.87. The number of thioether (sulfide) groups is 1. The van der Waals surface area contributed by atoms with E-state index in [1.807, 2.05) is 11.8 Å². The molecule has 0 aromatic carbocycles. The number of carbonyl (C=O) groups excluding carboxylic acids is 1. The standard InChI is InChI=1S/C7H13OS2.C4HF9O3S/c1-7(8)6-10-4-2-9-3-5-10;5-1(6,3(9,10)11)2(7,8)4(12,13)17(14,15)16/h2-6H2,1H3;(H,14,15,16)/q+1;/p-1. The Balaban J connectivity index is 0.000000569. The summed E-state index contributed by atoms with van der Waals surface area (Å²) in [6.07, 6.45) is -7.16. The maximum absolute atomic E-state index is 12.2. The van der Waals surface area contributed by atoms with Gasteiger partial charge in [-0.1, -0.05) is 0 Å². The topological polar surface area (TPSA) is 74.3 Å². The van der Waals surface area contributed by atoms with Gasteiger partial charge in [-0.05, 0) is 17.8 Å². The second kappa shape index (κ2) is 8.98. The van der Waals surface area contributed by atoms with Gasteiger partial charge in [-0.2, -0.15) is 51.3 Å². The first-order valence-electron chi connectivity index (χ1n) is 6.66. The highest BCUT2D eigenvalue weighted by atomic mass is 32.2. The second-order valence-corrected chi connectivity index (χ2v) is 10.1. The third-order valence-electron chi connectivity index (χ3n) is 2.87. The van der Waals surface area contributed by atoms with E-state index in [2.05, 4.69) is 0 Å². The van der Waals surface area contributed by atoms with Crippen molar-refractivity contribution in [1.29, 1.82) is 0 Å². The highest BCUT2D eigenvalue weighted by molar-refractivity contribution is 8.05. The van der Waals surface area contributed by atoms with Gasteiger partial charge in [-0.25, -0.2) is 8.42 Å². The van der Waals surface area contributed by atoms with Crippen molar-refractivity contribution in [3.8, 4) is 0 Å². The van der Waals surface area contributed by atoms with Crippen LogP contribution in [0.1, 0.15) is 6.92 Å². The number of rotatable bonds is 5. The molecule has 0 spiro atoms. The summed E-state index contributed by atoms with van der Waals surface area (Å²) in [5, 5.41) is -7.11. The first kappa shape index (κ1) is 26.6. The zero-order valence-corrected chi connectivity index (χ0v) is 15.7. The van der Waals surface area contributed by atoms with Crippen molar-refractivity contribution in [3.63, 3.8) is 0 Å². The molecule has 0 unspecified atom stereocenters. The lowest BCUT2D eigenvalue weighted by Crippen LogP contribution is -2.63. The van der Waals surface area contributed by atoms with E-state index in [9.17, 15) is 57.3 Å². The van der Waals surface area contributed by atoms with Crippen LogP contribution in [0.5, 0.6) is 0 Å². The largest absolute Gasteiger partial charge is 0.743 e. The van der Waals surface area contributed by atoms with Crippen molar-refractivity contribution in [3.05, 3.63) is 0 Å². The van der Waals surface area contributed by atoms with Crippen LogP contribution in [0.3, 0.4) is 0 Å². The number of ketones is 1. The van der Waals surface area contributed by atoms with Crippen LogP contribution < -0.4 is 0 Å². The maximum atomic E-state index is 12.2. The Morgan fingerprint density at radius 1 is 0.963 bits per heavy atom. The summed E-state index contributed by atoms with van der Waals surface area (Å²) >= 11 is 2.02. The summed E-state index contributed by atoms with van der Waals surface area (Å²) in [6, 6.07) is 0. The van der Waals surface area contributed by atoms with Crippen LogP contribution in [0.4, 0.5) is 39.5 Å². The monoisotopic (exact) mass is 476 g/mol. The van der Waals surface area contributed by atoms with E-state index in [0.29, 0.717) is 16.7 Å². The van der Waals surface area contributed by atoms with Crippen LogP contribution in [-0.2, 0) is 25.8 Å². The van der Waals surface area contributed by atoms with E-state index in [-0.39, 0.29) is 0 Å². The fraction of sp³-hybridized carbons (Fsp3) is 0.909. The summed E-state index contributed by atoms with van der Waals surface area (Å²) < 4.78 is 135. The molecule has 0 aromatic heterocycles. The number of hydrogen-bond donors (Lipinski definition) is 0. The van der Waals surface area contributed by atoms with Gasteiger partial charge in [0.25, 0.3) is 0 Å². The van der Waals surface area contributed by atoms with Gasteiger partial charge < -0.3 is 4.55 Å². The number of Topliss-reactive ketones (excluding diaryl/α,β-unsaturated/α-hetero) is 1. The van der Waals surface area contributed by atoms with Crippen molar-refractivity contribution in [1.82, 2.24) is 0 Å². The molecular weight excluding hydrogens is 463 g/mol. The minimum atomic E-state index is -7.43. The molecule has 0 N–H and O–H groups in total. The Morgan fingerprint density at radius 2 is 1.37 bits per heavy atom. The van der Waals surface area contributed by atoms with E-state index in [1.54, 1.807) is 6.92 Å². The molecule has 0 aromatic rings. The first-order valence-corrected chi connectivity index (χ1v) is 11.0. The molecule has 1 aliphatic rings. The molecule has 16 heteroatoms. The predicted octanol–water partition coefficient (Wildman–Crippen LogP) is 2.90. The summed E-state index contributed by atoms with van der Waals surface area (Å²) in [4.78, 5) is 10.7. The lowest BCUT2D eigenvalue weighted by atomic mass is 10.1. The van der Waals surface area contributed by atoms with Gasteiger partial charge in [-0.3, -0.25) is 4.79 Å². The number of hydrogen-bond acceptors (Lipinski definition) is 5. The van der Waals surface area contributed by atoms with Crippen LogP contribution in [0.25, 0.3) is 0 Å². The molecule has 0 saturated carbocycles. The van der Waals surface area contributed by atoms with Gasteiger partial charge in [0.15, 0.2) is 21.7 Å². The Labute approximate surface area is 155 Å². The number of carbonyl (C=O) groups is 1. The fourth-order valence-electron chi connectivity index (χ4n) is 1.51. The van der Waals surface area contributed by atoms with Gasteiger partial charge in [-0.15, -0.1) is 0 Å². The maximum Gasteiger partial charge on any atom is 0.460 e. The van der Waals surface area contributed by atoms with Crippen LogP contribution in [0, 0.1) is 0 Å². The van der Waals surface area contributed by atoms with Crippen LogP contribution in [0.15, 0.2) is 0 Å². The zero-order valence-electron chi connectivity index (χ0n) is 13.3. The van der Waals surface area contributed by atoms with Crippen molar-refractivity contribution < 1.29 is 57.3 Å². The summed E-state index contributed by atoms with van der Waals surface area (Å²) in [5.41, 5.74) is 0. The molecule has 4 nitrogen and oxygen atoms in total. The third-order valence-corrected chi connectivity index (χ3v) is 7.63. The SMILES string of the molecule is CC(=O)C[S+]1CCSCC1.O=S(=O)([O-])C(F)(F)C(F)(F)C(F)(F)C(F)(F)F. The smallest absolute Gasteiger partial charge is 0.460 e. The van der Waals surface area contributed by atoms with Crippen molar-refractivity contribution in [2.24, 2.45) is 0 Å². The molecule has 1 fully saturated rings. The van der Waals surface area contributed by atoms with Crippen LogP contribution in [-0.4, -0.2) is 70.8 Å². The number of halogens is 9. The molecule has 0 atom stereocenters. The van der Waals surface area contributed by atoms with E-state index < -0.39 is 33.4 Å². The van der Waals surface area contributed by atoms with Gasteiger partial charge in [0, 0.05) is 11.5 Å². The quantitative estimate of drug-likeness (QED) is 0.347. The molecule has 1 heterocycles. The summed E-state index contributed by atoms with van der Waals surface area (Å²) in [6.45, 7) is 1.70. The Morgan fingerprint density at radius 3 is 1.67 bits per heavy atom. The highest BCUT2D eigenvalue weighted by Crippen LogP contribution is 2.54. The Hall–Kier alpha value is -0.350. The molecule has 0 amide bonds. The molecule has 162 valence electrons. The lowest BCUT2D eigenvalue weighted by Gasteiger charge is -2.34. The summed E-state index contributed by atoms with van der Waals surface area (Å²) in [7, 11) is -6.96. The van der Waals surface area contributed by atoms with Gasteiger partial charge in [0.2, 0.25) is 0 Å². The highest BCUT2D eigenvalue weighted by Gasteiger charge is 2.83. The second-order valence-electron chi connectivity index (χ2n) is 5.10. The molecule has 1 saturated heterocycles. The average Bonchev–Trinajstić information content (AvgIpc) is 2.45. The zero-order chi connectivity index (χ0) is 21.9. The summed E-state index contributed by atoms with van der Waals surface area (Å²) in [5.74, 6) is -8.49. The minimum Gasteiger partial charge on any atom is -0.743 e. The van der Waals surface area contributed by atoms with E-state index in [0.717, 1.165) is 5.75 Å². The normalized spacial score (nSPS) is 17.9. The van der Waals surface area contributed by atoms with Crippen molar-refractivity contribution in [2.45, 2.75) is 30.2 Å². The number of alkyl halides is 9. The van der Waals surface area contributed by atoms with E-state index >= 15 is 0 Å².